The first-order chi connectivity index (χ1) is 15.9. The van der Waals surface area contributed by atoms with Crippen molar-refractivity contribution in [3.8, 4) is 5.75 Å². The molecule has 1 aromatic heterocycles. The summed E-state index contributed by atoms with van der Waals surface area (Å²) in [7, 11) is -3.94. The number of ketones is 2. The Morgan fingerprint density at radius 3 is 2.36 bits per heavy atom. The van der Waals surface area contributed by atoms with Gasteiger partial charge >= 0.3 is 7.82 Å². The fraction of sp³-hybridized carbons (Fsp3) is 0.280. The normalized spacial score (nSPS) is 16.6. The number of nitrogens with zero attached hydrogens (tertiary/aromatic N) is 1. The maximum atomic E-state index is 13.7. The minimum atomic E-state index is -3.94. The first-order valence-electron chi connectivity index (χ1n) is 11.0. The van der Waals surface area contributed by atoms with Gasteiger partial charge in [-0.05, 0) is 31.0 Å². The molecule has 0 N–H and O–H groups in total. The molecule has 1 atom stereocenters. The monoisotopic (exact) mass is 465 g/mol. The second-order valence-electron chi connectivity index (χ2n) is 8.06. The SMILES string of the molecule is CCOP(=O)(OCC)Oc1cccc2c1C(=O)c1cn3c(c1C2=O)C(C)c1ccccc1C3. The van der Waals surface area contributed by atoms with Crippen LogP contribution in [0.3, 0.4) is 0 Å². The van der Waals surface area contributed by atoms with Gasteiger partial charge in [0, 0.05) is 29.9 Å². The van der Waals surface area contributed by atoms with Gasteiger partial charge < -0.3 is 9.09 Å². The Bertz CT molecular complexity index is 1330. The minimum absolute atomic E-state index is 0.0160. The quantitative estimate of drug-likeness (QED) is 0.358. The van der Waals surface area contributed by atoms with Gasteiger partial charge in [0.1, 0.15) is 5.75 Å². The third-order valence-corrected chi connectivity index (χ3v) is 7.72. The molecule has 2 aliphatic rings. The van der Waals surface area contributed by atoms with Gasteiger partial charge in [0.2, 0.25) is 0 Å². The van der Waals surface area contributed by atoms with Crippen LogP contribution in [0.15, 0.2) is 48.7 Å². The summed E-state index contributed by atoms with van der Waals surface area (Å²) in [6, 6.07) is 12.8. The van der Waals surface area contributed by atoms with E-state index < -0.39 is 7.82 Å². The molecule has 3 aromatic rings. The molecular formula is C25H24NO6P. The molecule has 0 bridgehead atoms. The summed E-state index contributed by atoms with van der Waals surface area (Å²) < 4.78 is 31.0. The molecule has 7 nitrogen and oxygen atoms in total. The zero-order valence-corrected chi connectivity index (χ0v) is 19.6. The number of phosphoric acid groups is 1. The summed E-state index contributed by atoms with van der Waals surface area (Å²) in [6.45, 7) is 6.19. The summed E-state index contributed by atoms with van der Waals surface area (Å²) in [5.74, 6) is -0.601. The van der Waals surface area contributed by atoms with Crippen molar-refractivity contribution >= 4 is 19.4 Å². The average Bonchev–Trinajstić information content (AvgIpc) is 3.18. The largest absolute Gasteiger partial charge is 0.530 e. The predicted octanol–water partition coefficient (Wildman–Crippen LogP) is 5.34. The lowest BCUT2D eigenvalue weighted by molar-refractivity contribution is 0.0976. The van der Waals surface area contributed by atoms with E-state index in [-0.39, 0.29) is 47.6 Å². The first kappa shape index (κ1) is 21.8. The van der Waals surface area contributed by atoms with Crippen LogP contribution in [-0.4, -0.2) is 29.3 Å². The molecule has 1 unspecified atom stereocenters. The van der Waals surface area contributed by atoms with Gasteiger partial charge in [-0.25, -0.2) is 4.57 Å². The topological polar surface area (TPSA) is 83.8 Å². The van der Waals surface area contributed by atoms with Gasteiger partial charge in [0.15, 0.2) is 11.6 Å². The van der Waals surface area contributed by atoms with Crippen LogP contribution in [0.4, 0.5) is 0 Å². The highest BCUT2D eigenvalue weighted by Gasteiger charge is 2.40. The third-order valence-electron chi connectivity index (χ3n) is 6.15. The van der Waals surface area contributed by atoms with Crippen molar-refractivity contribution in [2.75, 3.05) is 13.2 Å². The zero-order valence-electron chi connectivity index (χ0n) is 18.7. The van der Waals surface area contributed by atoms with E-state index >= 15 is 0 Å². The Labute approximate surface area is 191 Å². The third kappa shape index (κ3) is 3.39. The molecule has 0 saturated heterocycles. The van der Waals surface area contributed by atoms with E-state index in [4.69, 9.17) is 13.6 Å². The van der Waals surface area contributed by atoms with E-state index in [0.717, 1.165) is 11.3 Å². The lowest BCUT2D eigenvalue weighted by atomic mass is 9.81. The molecule has 0 saturated carbocycles. The van der Waals surface area contributed by atoms with Crippen LogP contribution < -0.4 is 4.52 Å². The Balaban J connectivity index is 1.62. The highest BCUT2D eigenvalue weighted by Crippen LogP contribution is 2.51. The second kappa shape index (κ2) is 8.10. The number of phosphoric ester groups is 1. The molecule has 5 rings (SSSR count). The van der Waals surface area contributed by atoms with Crippen molar-refractivity contribution < 1.29 is 27.7 Å². The van der Waals surface area contributed by atoms with Crippen molar-refractivity contribution in [2.45, 2.75) is 33.2 Å². The van der Waals surface area contributed by atoms with E-state index in [1.54, 1.807) is 32.2 Å². The van der Waals surface area contributed by atoms with Gasteiger partial charge in [-0.15, -0.1) is 0 Å². The molecule has 0 spiro atoms. The average molecular weight is 465 g/mol. The number of hydrogen-bond acceptors (Lipinski definition) is 6. The lowest BCUT2D eigenvalue weighted by Crippen LogP contribution is -2.23. The Kier molecular flexibility index (Phi) is 5.36. The number of aromatic nitrogens is 1. The standard InChI is InChI=1S/C25H24NO6P/c1-4-30-33(29,31-5-2)32-20-12-8-11-18-21(20)25(28)19-14-26-13-16-9-6-7-10-17(16)15(3)23(26)22(19)24(18)27/h6-12,14-15H,4-5,13H2,1-3H3. The molecule has 1 aliphatic heterocycles. The Hall–Kier alpha value is -2.99. The van der Waals surface area contributed by atoms with E-state index in [1.165, 1.54) is 11.6 Å². The molecule has 0 fully saturated rings. The molecule has 1 aliphatic carbocycles. The van der Waals surface area contributed by atoms with E-state index in [0.29, 0.717) is 17.7 Å². The summed E-state index contributed by atoms with van der Waals surface area (Å²) in [5, 5.41) is 0. The zero-order chi connectivity index (χ0) is 23.3. The second-order valence-corrected chi connectivity index (χ2v) is 9.66. The summed E-state index contributed by atoms with van der Waals surface area (Å²) in [6.07, 6.45) is 1.75. The van der Waals surface area contributed by atoms with Gasteiger partial charge in [-0.1, -0.05) is 43.3 Å². The fourth-order valence-corrected chi connectivity index (χ4v) is 6.04. The molecule has 170 valence electrons. The summed E-state index contributed by atoms with van der Waals surface area (Å²) >= 11 is 0. The fourth-order valence-electron chi connectivity index (χ4n) is 4.84. The Morgan fingerprint density at radius 1 is 0.939 bits per heavy atom. The number of carbonyl (C=O) groups is 2. The predicted molar refractivity (Wildman–Crippen MR) is 122 cm³/mol. The van der Waals surface area contributed by atoms with Crippen LogP contribution in [0.2, 0.25) is 0 Å². The molecule has 0 radical (unpaired) electrons. The van der Waals surface area contributed by atoms with Gasteiger partial charge in [-0.2, -0.15) is 0 Å². The van der Waals surface area contributed by atoms with Crippen molar-refractivity contribution in [1.29, 1.82) is 0 Å². The van der Waals surface area contributed by atoms with Crippen LogP contribution >= 0.6 is 7.82 Å². The van der Waals surface area contributed by atoms with Crippen molar-refractivity contribution in [3.63, 3.8) is 0 Å². The number of benzene rings is 2. The Morgan fingerprint density at radius 2 is 1.64 bits per heavy atom. The van der Waals surface area contributed by atoms with Gasteiger partial charge in [-0.3, -0.25) is 18.6 Å². The highest BCUT2D eigenvalue weighted by atomic mass is 31.2. The van der Waals surface area contributed by atoms with Gasteiger partial charge in [0.25, 0.3) is 0 Å². The number of fused-ring (bicyclic) bond motifs is 5. The molecule has 0 amide bonds. The molecule has 33 heavy (non-hydrogen) atoms. The van der Waals surface area contributed by atoms with Crippen molar-refractivity contribution in [1.82, 2.24) is 4.57 Å². The van der Waals surface area contributed by atoms with Crippen LogP contribution in [0.1, 0.15) is 75.4 Å². The van der Waals surface area contributed by atoms with E-state index in [9.17, 15) is 14.2 Å². The highest BCUT2D eigenvalue weighted by molar-refractivity contribution is 7.48. The first-order valence-corrected chi connectivity index (χ1v) is 12.5. The molecule has 2 heterocycles. The smallest absolute Gasteiger partial charge is 0.403 e. The van der Waals surface area contributed by atoms with Crippen molar-refractivity contribution in [2.24, 2.45) is 0 Å². The van der Waals surface area contributed by atoms with Gasteiger partial charge in [0.05, 0.1) is 29.9 Å². The molecular weight excluding hydrogens is 441 g/mol. The minimum Gasteiger partial charge on any atom is -0.403 e. The van der Waals surface area contributed by atoms with Crippen LogP contribution in [0.5, 0.6) is 5.75 Å². The van der Waals surface area contributed by atoms with E-state index in [1.807, 2.05) is 16.7 Å². The number of carbonyl (C=O) groups excluding carboxylic acids is 2. The van der Waals surface area contributed by atoms with E-state index in [2.05, 4.69) is 19.1 Å². The van der Waals surface area contributed by atoms with Crippen molar-refractivity contribution in [3.05, 3.63) is 87.7 Å². The summed E-state index contributed by atoms with van der Waals surface area (Å²) in [4.78, 5) is 27.3. The van der Waals surface area contributed by atoms with Crippen LogP contribution in [-0.2, 0) is 20.2 Å². The number of hydrogen-bond donors (Lipinski definition) is 0. The lowest BCUT2D eigenvalue weighted by Gasteiger charge is -2.27. The van der Waals surface area contributed by atoms with Crippen LogP contribution in [0, 0.1) is 0 Å². The van der Waals surface area contributed by atoms with Crippen LogP contribution in [0.25, 0.3) is 0 Å². The molecule has 2 aromatic carbocycles. The summed E-state index contributed by atoms with van der Waals surface area (Å²) in [5.41, 5.74) is 4.25. The number of rotatable bonds is 6. The molecule has 8 heteroatoms. The maximum absolute atomic E-state index is 13.7. The maximum Gasteiger partial charge on any atom is 0.530 e.